The minimum atomic E-state index is -0.438. The Bertz CT molecular complexity index is 574. The van der Waals surface area contributed by atoms with E-state index < -0.39 is 6.04 Å². The quantitative estimate of drug-likeness (QED) is 0.700. The van der Waals surface area contributed by atoms with Crippen molar-refractivity contribution in [3.8, 4) is 11.5 Å². The van der Waals surface area contributed by atoms with Crippen LogP contribution in [0.3, 0.4) is 0 Å². The Balaban J connectivity index is 2.01. The molecular weight excluding hydrogens is 278 g/mol. The van der Waals surface area contributed by atoms with Crippen molar-refractivity contribution < 1.29 is 14.7 Å². The van der Waals surface area contributed by atoms with Crippen LogP contribution >= 0.6 is 11.8 Å². The molecule has 1 atom stereocenters. The molecule has 6 nitrogen and oxygen atoms in total. The highest BCUT2D eigenvalue weighted by atomic mass is 32.2. The predicted molar refractivity (Wildman–Crippen MR) is 76.5 cm³/mol. The minimum absolute atomic E-state index is 0.154. The number of phenols is 2. The number of hydrogen-bond acceptors (Lipinski definition) is 7. The van der Waals surface area contributed by atoms with Gasteiger partial charge in [-0.3, -0.25) is 0 Å². The molecule has 0 saturated carbocycles. The fraction of sp³-hybridized carbons (Fsp3) is 0.385. The van der Waals surface area contributed by atoms with Crippen molar-refractivity contribution >= 4 is 11.8 Å². The van der Waals surface area contributed by atoms with E-state index in [1.807, 2.05) is 0 Å². The Morgan fingerprint density at radius 2 is 2.15 bits per heavy atom. The summed E-state index contributed by atoms with van der Waals surface area (Å²) in [5, 5.41) is 22.6. The monoisotopic (exact) mass is 295 g/mol. The van der Waals surface area contributed by atoms with E-state index in [0.717, 1.165) is 11.3 Å². The molecule has 0 spiro atoms. The minimum Gasteiger partial charge on any atom is -0.504 e. The fourth-order valence-electron chi connectivity index (χ4n) is 1.71. The van der Waals surface area contributed by atoms with E-state index in [1.165, 1.54) is 12.1 Å². The van der Waals surface area contributed by atoms with E-state index >= 15 is 0 Å². The second kappa shape index (κ2) is 6.62. The Labute approximate surface area is 121 Å². The molecule has 0 aliphatic carbocycles. The molecule has 0 aliphatic heterocycles. The summed E-state index contributed by atoms with van der Waals surface area (Å²) in [6.07, 6.45) is 0.441. The number of nitrogens with two attached hydrogens (primary N) is 1. The van der Waals surface area contributed by atoms with Crippen LogP contribution in [-0.2, 0) is 12.2 Å². The third kappa shape index (κ3) is 3.64. The van der Waals surface area contributed by atoms with Crippen LogP contribution in [0, 0.1) is 0 Å². The molecule has 1 unspecified atom stereocenters. The van der Waals surface area contributed by atoms with Gasteiger partial charge < -0.3 is 20.5 Å². The summed E-state index contributed by atoms with van der Waals surface area (Å²) < 4.78 is 5.14. The zero-order valence-electron chi connectivity index (χ0n) is 11.1. The van der Waals surface area contributed by atoms with Crippen molar-refractivity contribution in [2.75, 3.05) is 5.75 Å². The van der Waals surface area contributed by atoms with Gasteiger partial charge in [0, 0.05) is 0 Å². The van der Waals surface area contributed by atoms with Gasteiger partial charge in [0.25, 0.3) is 0 Å². The molecule has 2 aromatic rings. The molecule has 0 amide bonds. The predicted octanol–water partition coefficient (Wildman–Crippen LogP) is 1.98. The standard InChI is InChI=1S/C13H17N3O3S/c1-2-20-7-12-15-13(19-16-12)9(14)5-8-3-4-10(17)11(18)6-8/h3-4,6,9,17-18H,2,5,7,14H2,1H3. The third-order valence-electron chi connectivity index (χ3n) is 2.73. The molecule has 0 bridgehead atoms. The Morgan fingerprint density at radius 3 is 2.85 bits per heavy atom. The molecule has 108 valence electrons. The van der Waals surface area contributed by atoms with Crippen LogP contribution in [-0.4, -0.2) is 26.1 Å². The van der Waals surface area contributed by atoms with Crippen LogP contribution in [0.4, 0.5) is 0 Å². The van der Waals surface area contributed by atoms with Gasteiger partial charge in [-0.05, 0) is 29.9 Å². The third-order valence-corrected chi connectivity index (χ3v) is 3.60. The molecule has 0 aliphatic rings. The van der Waals surface area contributed by atoms with Gasteiger partial charge in [-0.25, -0.2) is 0 Å². The van der Waals surface area contributed by atoms with E-state index in [9.17, 15) is 10.2 Å². The topological polar surface area (TPSA) is 105 Å². The summed E-state index contributed by atoms with van der Waals surface area (Å²) in [6.45, 7) is 2.06. The lowest BCUT2D eigenvalue weighted by Crippen LogP contribution is -2.13. The molecule has 2 rings (SSSR count). The fourth-order valence-corrected chi connectivity index (χ4v) is 2.21. The second-order valence-corrected chi connectivity index (χ2v) is 5.59. The molecule has 0 radical (unpaired) electrons. The molecular formula is C13H17N3O3S. The maximum atomic E-state index is 9.44. The SMILES string of the molecule is CCSCc1noc(C(N)Cc2ccc(O)c(O)c2)n1. The van der Waals surface area contributed by atoms with Crippen LogP contribution in [0.5, 0.6) is 11.5 Å². The molecule has 0 saturated heterocycles. The van der Waals surface area contributed by atoms with Crippen LogP contribution in [0.1, 0.15) is 30.2 Å². The summed E-state index contributed by atoms with van der Waals surface area (Å²) in [4.78, 5) is 4.25. The van der Waals surface area contributed by atoms with E-state index in [4.69, 9.17) is 10.3 Å². The lowest BCUT2D eigenvalue weighted by atomic mass is 10.1. The number of aromatic nitrogens is 2. The number of nitrogens with zero attached hydrogens (tertiary/aromatic N) is 2. The van der Waals surface area contributed by atoms with Crippen molar-refractivity contribution in [2.24, 2.45) is 5.73 Å². The van der Waals surface area contributed by atoms with Gasteiger partial charge in [-0.1, -0.05) is 18.1 Å². The summed E-state index contributed by atoms with van der Waals surface area (Å²) in [6, 6.07) is 4.15. The number of hydrogen-bond donors (Lipinski definition) is 3. The second-order valence-electron chi connectivity index (χ2n) is 4.32. The molecule has 1 aromatic carbocycles. The summed E-state index contributed by atoms with van der Waals surface area (Å²) in [5.41, 5.74) is 6.80. The molecule has 20 heavy (non-hydrogen) atoms. The Morgan fingerprint density at radius 1 is 1.35 bits per heavy atom. The molecule has 1 aromatic heterocycles. The lowest BCUT2D eigenvalue weighted by Gasteiger charge is -2.07. The molecule has 7 heteroatoms. The van der Waals surface area contributed by atoms with E-state index in [-0.39, 0.29) is 11.5 Å². The van der Waals surface area contributed by atoms with Crippen LogP contribution in [0.25, 0.3) is 0 Å². The first kappa shape index (κ1) is 14.7. The molecule has 1 heterocycles. The van der Waals surface area contributed by atoms with Crippen molar-refractivity contribution in [3.63, 3.8) is 0 Å². The highest BCUT2D eigenvalue weighted by Crippen LogP contribution is 2.26. The van der Waals surface area contributed by atoms with Gasteiger partial charge in [0.1, 0.15) is 0 Å². The van der Waals surface area contributed by atoms with Crippen LogP contribution in [0.15, 0.2) is 22.7 Å². The molecule has 4 N–H and O–H groups in total. The number of phenolic OH excluding ortho intramolecular Hbond substituents is 2. The molecule has 0 fully saturated rings. The van der Waals surface area contributed by atoms with Gasteiger partial charge in [0.05, 0.1) is 11.8 Å². The number of benzene rings is 1. The van der Waals surface area contributed by atoms with Gasteiger partial charge in [0.15, 0.2) is 17.3 Å². The maximum absolute atomic E-state index is 9.44. The van der Waals surface area contributed by atoms with Gasteiger partial charge in [0.2, 0.25) is 5.89 Å². The maximum Gasteiger partial charge on any atom is 0.243 e. The van der Waals surface area contributed by atoms with E-state index in [2.05, 4.69) is 17.1 Å². The van der Waals surface area contributed by atoms with Crippen LogP contribution < -0.4 is 5.73 Å². The highest BCUT2D eigenvalue weighted by Gasteiger charge is 2.16. The van der Waals surface area contributed by atoms with Gasteiger partial charge in [-0.15, -0.1) is 0 Å². The lowest BCUT2D eigenvalue weighted by molar-refractivity contribution is 0.351. The smallest absolute Gasteiger partial charge is 0.243 e. The number of thioether (sulfide) groups is 1. The Hall–Kier alpha value is -1.73. The van der Waals surface area contributed by atoms with E-state index in [1.54, 1.807) is 17.8 Å². The van der Waals surface area contributed by atoms with Crippen molar-refractivity contribution in [2.45, 2.75) is 25.1 Å². The van der Waals surface area contributed by atoms with Crippen molar-refractivity contribution in [1.82, 2.24) is 10.1 Å². The first-order chi connectivity index (χ1) is 9.60. The largest absolute Gasteiger partial charge is 0.504 e. The highest BCUT2D eigenvalue weighted by molar-refractivity contribution is 7.98. The summed E-state index contributed by atoms with van der Waals surface area (Å²) in [5.74, 6) is 2.38. The first-order valence-corrected chi connectivity index (χ1v) is 7.42. The zero-order chi connectivity index (χ0) is 14.5. The Kier molecular flexibility index (Phi) is 4.86. The number of rotatable bonds is 6. The average molecular weight is 295 g/mol. The van der Waals surface area contributed by atoms with E-state index in [0.29, 0.717) is 23.9 Å². The first-order valence-electron chi connectivity index (χ1n) is 6.26. The van der Waals surface area contributed by atoms with Crippen molar-refractivity contribution in [1.29, 1.82) is 0 Å². The van der Waals surface area contributed by atoms with Crippen molar-refractivity contribution in [3.05, 3.63) is 35.5 Å². The zero-order valence-corrected chi connectivity index (χ0v) is 11.9. The number of aromatic hydroxyl groups is 2. The normalized spacial score (nSPS) is 12.5. The summed E-state index contributed by atoms with van der Waals surface area (Å²) in [7, 11) is 0. The van der Waals surface area contributed by atoms with Gasteiger partial charge >= 0.3 is 0 Å². The average Bonchev–Trinajstić information content (AvgIpc) is 2.89. The summed E-state index contributed by atoms with van der Waals surface area (Å²) >= 11 is 1.71. The van der Waals surface area contributed by atoms with Crippen LogP contribution in [0.2, 0.25) is 0 Å². The van der Waals surface area contributed by atoms with Gasteiger partial charge in [-0.2, -0.15) is 16.7 Å².